The van der Waals surface area contributed by atoms with Gasteiger partial charge in [-0.3, -0.25) is 0 Å². The van der Waals surface area contributed by atoms with Crippen molar-refractivity contribution in [2.45, 2.75) is 32.6 Å². The lowest BCUT2D eigenvalue weighted by atomic mass is 9.79. The van der Waals surface area contributed by atoms with E-state index in [0.717, 1.165) is 6.42 Å². The maximum atomic E-state index is 3.80. The quantitative estimate of drug-likeness (QED) is 0.625. The molecule has 1 aromatic carbocycles. The van der Waals surface area contributed by atoms with E-state index in [1.807, 2.05) is 6.08 Å². The van der Waals surface area contributed by atoms with E-state index in [-0.39, 0.29) is 5.41 Å². The summed E-state index contributed by atoms with van der Waals surface area (Å²) in [7, 11) is 0. The van der Waals surface area contributed by atoms with Crippen molar-refractivity contribution in [3.8, 4) is 0 Å². The zero-order valence-electron chi connectivity index (χ0n) is 9.22. The van der Waals surface area contributed by atoms with Gasteiger partial charge in [0.1, 0.15) is 0 Å². The van der Waals surface area contributed by atoms with E-state index in [4.69, 9.17) is 0 Å². The summed E-state index contributed by atoms with van der Waals surface area (Å²) in [5.41, 5.74) is 4.45. The number of hydrogen-bond donors (Lipinski definition) is 0. The van der Waals surface area contributed by atoms with E-state index in [0.29, 0.717) is 0 Å². The van der Waals surface area contributed by atoms with Crippen molar-refractivity contribution in [2.75, 3.05) is 0 Å². The van der Waals surface area contributed by atoms with Gasteiger partial charge in [-0.2, -0.15) is 0 Å². The lowest BCUT2D eigenvalue weighted by molar-refractivity contribution is 0.565. The third-order valence-corrected chi connectivity index (χ3v) is 3.56. The van der Waals surface area contributed by atoms with E-state index < -0.39 is 0 Å². The summed E-state index contributed by atoms with van der Waals surface area (Å²) in [6, 6.07) is 6.68. The molecule has 0 heterocycles. The van der Waals surface area contributed by atoms with Gasteiger partial charge in [0.2, 0.25) is 0 Å². The van der Waals surface area contributed by atoms with Crippen LogP contribution in [0.15, 0.2) is 24.8 Å². The van der Waals surface area contributed by atoms with Crippen LogP contribution < -0.4 is 0 Å². The Bertz CT molecular complexity index is 372. The molecule has 1 aliphatic rings. The van der Waals surface area contributed by atoms with Crippen LogP contribution in [-0.2, 0) is 11.8 Å². The van der Waals surface area contributed by atoms with Gasteiger partial charge in [0, 0.05) is 0 Å². The zero-order valence-corrected chi connectivity index (χ0v) is 9.22. The number of hydrogen-bond acceptors (Lipinski definition) is 0. The average Bonchev–Trinajstić information content (AvgIpc) is 2.38. The van der Waals surface area contributed by atoms with E-state index in [1.54, 1.807) is 5.92 Å². The van der Waals surface area contributed by atoms with Gasteiger partial charge in [-0.25, -0.2) is 0 Å². The fourth-order valence-electron chi connectivity index (χ4n) is 2.23. The standard InChI is InChI=1S/C14H17/c1-5-11-6-7-13-12(9-11)8-10(2)14(13,3)4/h5-7,9H,1,8H2,2-4H3. The predicted octanol–water partition coefficient (Wildman–Crippen LogP) is 3.76. The lowest BCUT2D eigenvalue weighted by Crippen LogP contribution is -2.19. The second kappa shape index (κ2) is 2.98. The topological polar surface area (TPSA) is 0 Å². The Hall–Kier alpha value is -1.04. The molecule has 0 amide bonds. The molecule has 0 bridgehead atoms. The smallest absolute Gasteiger partial charge is 0.00383 e. The van der Waals surface area contributed by atoms with Gasteiger partial charge in [0.05, 0.1) is 0 Å². The largest absolute Gasteiger partial charge is 0.0985 e. The molecule has 0 aromatic heterocycles. The van der Waals surface area contributed by atoms with Crippen molar-refractivity contribution in [3.63, 3.8) is 0 Å². The Morgan fingerprint density at radius 2 is 2.07 bits per heavy atom. The summed E-state index contributed by atoms with van der Waals surface area (Å²) >= 11 is 0. The highest BCUT2D eigenvalue weighted by Gasteiger charge is 2.36. The highest BCUT2D eigenvalue weighted by atomic mass is 14.4. The van der Waals surface area contributed by atoms with Crippen molar-refractivity contribution >= 4 is 6.08 Å². The molecule has 1 radical (unpaired) electrons. The number of fused-ring (bicyclic) bond motifs is 1. The molecule has 0 fully saturated rings. The van der Waals surface area contributed by atoms with E-state index >= 15 is 0 Å². The normalized spacial score (nSPS) is 19.4. The lowest BCUT2D eigenvalue weighted by Gasteiger charge is -2.24. The summed E-state index contributed by atoms with van der Waals surface area (Å²) in [5.74, 6) is 1.56. The van der Waals surface area contributed by atoms with E-state index in [2.05, 4.69) is 45.5 Å². The monoisotopic (exact) mass is 185 g/mol. The molecule has 0 unspecified atom stereocenters. The minimum atomic E-state index is 0.259. The van der Waals surface area contributed by atoms with Gasteiger partial charge in [-0.1, -0.05) is 51.6 Å². The van der Waals surface area contributed by atoms with Crippen LogP contribution in [0.25, 0.3) is 6.08 Å². The fourth-order valence-corrected chi connectivity index (χ4v) is 2.23. The van der Waals surface area contributed by atoms with Crippen molar-refractivity contribution in [3.05, 3.63) is 47.4 Å². The summed E-state index contributed by atoms with van der Waals surface area (Å²) in [6.45, 7) is 10.7. The van der Waals surface area contributed by atoms with Crippen LogP contribution in [0.1, 0.15) is 37.5 Å². The Morgan fingerprint density at radius 3 is 2.71 bits per heavy atom. The summed E-state index contributed by atoms with van der Waals surface area (Å²) < 4.78 is 0. The fraction of sp³-hybridized carbons (Fsp3) is 0.357. The second-order valence-electron chi connectivity index (χ2n) is 4.70. The predicted molar refractivity (Wildman–Crippen MR) is 62.2 cm³/mol. The minimum Gasteiger partial charge on any atom is -0.0985 e. The van der Waals surface area contributed by atoms with Crippen LogP contribution in [0.2, 0.25) is 0 Å². The second-order valence-corrected chi connectivity index (χ2v) is 4.70. The Labute approximate surface area is 86.7 Å². The first-order valence-corrected chi connectivity index (χ1v) is 5.14. The van der Waals surface area contributed by atoms with Gasteiger partial charge in [0.15, 0.2) is 0 Å². The molecular formula is C14H17. The average molecular weight is 185 g/mol. The SMILES string of the molecule is C=Cc1ccc2c(c1)C[C](C)C2(C)C. The molecule has 0 saturated heterocycles. The molecular weight excluding hydrogens is 168 g/mol. The maximum absolute atomic E-state index is 3.80. The van der Waals surface area contributed by atoms with E-state index in [1.165, 1.54) is 16.7 Å². The van der Waals surface area contributed by atoms with Crippen LogP contribution in [0, 0.1) is 5.92 Å². The molecule has 2 rings (SSSR count). The maximum Gasteiger partial charge on any atom is -0.00383 e. The first kappa shape index (κ1) is 9.51. The van der Waals surface area contributed by atoms with Crippen LogP contribution in [-0.4, -0.2) is 0 Å². The van der Waals surface area contributed by atoms with E-state index in [9.17, 15) is 0 Å². The van der Waals surface area contributed by atoms with Crippen LogP contribution in [0.3, 0.4) is 0 Å². The van der Waals surface area contributed by atoms with Gasteiger partial charge < -0.3 is 0 Å². The third-order valence-electron chi connectivity index (χ3n) is 3.56. The summed E-state index contributed by atoms with van der Waals surface area (Å²) in [6.07, 6.45) is 3.05. The molecule has 0 saturated carbocycles. The highest BCUT2D eigenvalue weighted by Crippen LogP contribution is 2.44. The number of rotatable bonds is 1. The Kier molecular flexibility index (Phi) is 2.02. The van der Waals surface area contributed by atoms with Gasteiger partial charge in [-0.05, 0) is 34.4 Å². The van der Waals surface area contributed by atoms with Crippen molar-refractivity contribution < 1.29 is 0 Å². The summed E-state index contributed by atoms with van der Waals surface area (Å²) in [5, 5.41) is 0. The van der Waals surface area contributed by atoms with Crippen LogP contribution in [0.5, 0.6) is 0 Å². The Morgan fingerprint density at radius 1 is 1.36 bits per heavy atom. The third kappa shape index (κ3) is 1.21. The highest BCUT2D eigenvalue weighted by molar-refractivity contribution is 5.55. The van der Waals surface area contributed by atoms with Crippen molar-refractivity contribution in [2.24, 2.45) is 0 Å². The van der Waals surface area contributed by atoms with Crippen LogP contribution in [0.4, 0.5) is 0 Å². The number of benzene rings is 1. The first-order valence-electron chi connectivity index (χ1n) is 5.14. The first-order chi connectivity index (χ1) is 6.55. The van der Waals surface area contributed by atoms with Gasteiger partial charge >= 0.3 is 0 Å². The Balaban J connectivity index is 2.53. The molecule has 0 nitrogen and oxygen atoms in total. The molecule has 0 spiro atoms. The molecule has 0 N–H and O–H groups in total. The molecule has 0 atom stereocenters. The van der Waals surface area contributed by atoms with Crippen LogP contribution >= 0.6 is 0 Å². The molecule has 0 heteroatoms. The minimum absolute atomic E-state index is 0.259. The summed E-state index contributed by atoms with van der Waals surface area (Å²) in [4.78, 5) is 0. The molecule has 73 valence electrons. The molecule has 1 aliphatic carbocycles. The zero-order chi connectivity index (χ0) is 10.3. The molecule has 1 aromatic rings. The van der Waals surface area contributed by atoms with Gasteiger partial charge in [-0.15, -0.1) is 0 Å². The van der Waals surface area contributed by atoms with Gasteiger partial charge in [0.25, 0.3) is 0 Å². The van der Waals surface area contributed by atoms with Crippen molar-refractivity contribution in [1.29, 1.82) is 0 Å². The molecule has 14 heavy (non-hydrogen) atoms. The molecule has 0 aliphatic heterocycles. The van der Waals surface area contributed by atoms with Crippen molar-refractivity contribution in [1.82, 2.24) is 0 Å².